The highest BCUT2D eigenvalue weighted by molar-refractivity contribution is 5.82. The van der Waals surface area contributed by atoms with Crippen molar-refractivity contribution in [2.45, 2.75) is 82.4 Å². The molecule has 1 aliphatic heterocycles. The van der Waals surface area contributed by atoms with Crippen molar-refractivity contribution in [2.24, 2.45) is 5.10 Å². The van der Waals surface area contributed by atoms with Crippen molar-refractivity contribution in [3.05, 3.63) is 58.8 Å². The summed E-state index contributed by atoms with van der Waals surface area (Å²) in [5.41, 5.74) is 3.94. The Hall–Kier alpha value is -2.61. The number of ether oxygens (including phenoxy) is 1. The van der Waals surface area contributed by atoms with E-state index in [1.54, 1.807) is 11.2 Å². The summed E-state index contributed by atoms with van der Waals surface area (Å²) in [5, 5.41) is 17.2. The topological polar surface area (TPSA) is 83.2 Å². The molecule has 0 bridgehead atoms. The van der Waals surface area contributed by atoms with Crippen molar-refractivity contribution >= 4 is 5.84 Å². The van der Waals surface area contributed by atoms with Gasteiger partial charge in [-0.25, -0.2) is 10.1 Å². The maximum Gasteiger partial charge on any atom is 0.157 e. The zero-order valence-electron chi connectivity index (χ0n) is 20.1. The molecule has 0 spiro atoms. The fourth-order valence-corrected chi connectivity index (χ4v) is 5.00. The first-order valence-electron chi connectivity index (χ1n) is 12.3. The third-order valence-corrected chi connectivity index (χ3v) is 6.89. The van der Waals surface area contributed by atoms with E-state index in [9.17, 15) is 10.1 Å². The van der Waals surface area contributed by atoms with Gasteiger partial charge in [-0.05, 0) is 50.0 Å². The number of nitro groups is 1. The van der Waals surface area contributed by atoms with E-state index in [0.717, 1.165) is 57.3 Å². The van der Waals surface area contributed by atoms with Crippen molar-refractivity contribution in [2.75, 3.05) is 20.2 Å². The molecule has 2 unspecified atom stereocenters. The number of hydrogen-bond acceptors (Lipinski definition) is 5. The number of nitrogens with zero attached hydrogens (tertiary/aromatic N) is 4. The minimum Gasteiger partial charge on any atom is -0.376 e. The van der Waals surface area contributed by atoms with Gasteiger partial charge in [-0.3, -0.25) is 5.01 Å². The maximum absolute atomic E-state index is 11.2. The molecule has 1 aromatic carbocycles. The molecule has 1 aliphatic carbocycles. The van der Waals surface area contributed by atoms with Crippen LogP contribution in [-0.2, 0) is 4.74 Å². The van der Waals surface area contributed by atoms with Gasteiger partial charge in [0, 0.05) is 26.2 Å². The number of benzene rings is 1. The largest absolute Gasteiger partial charge is 0.376 e. The van der Waals surface area contributed by atoms with Crippen molar-refractivity contribution < 1.29 is 9.77 Å². The summed E-state index contributed by atoms with van der Waals surface area (Å²) in [4.78, 5) is 13.4. The lowest BCUT2D eigenvalue weighted by Gasteiger charge is -2.33. The molecule has 1 saturated carbocycles. The molecule has 1 saturated heterocycles. The lowest BCUT2D eigenvalue weighted by atomic mass is 9.83. The van der Waals surface area contributed by atoms with Crippen molar-refractivity contribution in [1.29, 1.82) is 0 Å². The van der Waals surface area contributed by atoms with E-state index in [1.807, 2.05) is 7.05 Å². The number of unbranched alkanes of at least 4 members (excludes halogenated alkanes) is 1. The molecular formula is C25H39N5O3. The lowest BCUT2D eigenvalue weighted by molar-refractivity contribution is -0.551. The molecule has 3 rings (SSSR count). The summed E-state index contributed by atoms with van der Waals surface area (Å²) in [6.07, 6.45) is 9.77. The Labute approximate surface area is 197 Å². The van der Waals surface area contributed by atoms with Gasteiger partial charge in [-0.1, -0.05) is 50.3 Å². The zero-order chi connectivity index (χ0) is 23.6. The Morgan fingerprint density at radius 3 is 2.67 bits per heavy atom. The Morgan fingerprint density at radius 1 is 1.30 bits per heavy atom. The normalized spacial score (nSPS) is 25.6. The molecule has 33 heavy (non-hydrogen) atoms. The minimum absolute atomic E-state index is 0.115. The summed E-state index contributed by atoms with van der Waals surface area (Å²) < 4.78 is 6.39. The maximum atomic E-state index is 11.2. The van der Waals surface area contributed by atoms with Crippen LogP contribution in [-0.4, -0.2) is 59.2 Å². The number of hydrogen-bond donors (Lipinski definition) is 1. The quantitative estimate of drug-likeness (QED) is 0.227. The summed E-state index contributed by atoms with van der Waals surface area (Å²) in [7, 11) is 1.86. The molecule has 1 N–H and O–H groups in total. The second kappa shape index (κ2) is 12.6. The van der Waals surface area contributed by atoms with Gasteiger partial charge in [0.05, 0.1) is 18.8 Å². The highest BCUT2D eigenvalue weighted by Gasteiger charge is 2.39. The summed E-state index contributed by atoms with van der Waals surface area (Å²) in [6, 6.07) is 10.3. The first-order chi connectivity index (χ1) is 16.0. The van der Waals surface area contributed by atoms with Crippen LogP contribution in [0.2, 0.25) is 0 Å². The van der Waals surface area contributed by atoms with Crippen molar-refractivity contribution in [3.63, 3.8) is 0 Å². The van der Waals surface area contributed by atoms with Gasteiger partial charge in [0.15, 0.2) is 5.03 Å². The molecule has 2 atom stereocenters. The van der Waals surface area contributed by atoms with Crippen molar-refractivity contribution in [3.8, 4) is 0 Å². The van der Waals surface area contributed by atoms with E-state index in [0.29, 0.717) is 18.9 Å². The van der Waals surface area contributed by atoms with E-state index in [1.165, 1.54) is 5.56 Å². The Bertz CT molecular complexity index is 780. The molecule has 8 nitrogen and oxygen atoms in total. The predicted octanol–water partition coefficient (Wildman–Crippen LogP) is 4.53. The SMILES string of the molecule is C=CN(C)/N=C(\CCCC)N1CCC(N[N+](=O)[O-])C1COC1CCC(c2ccccc2)CC1. The van der Waals surface area contributed by atoms with Gasteiger partial charge in [0.1, 0.15) is 11.9 Å². The Balaban J connectivity index is 1.64. The van der Waals surface area contributed by atoms with Gasteiger partial charge in [0.25, 0.3) is 0 Å². The number of hydrazine groups is 1. The van der Waals surface area contributed by atoms with Gasteiger partial charge in [-0.2, -0.15) is 5.10 Å². The van der Waals surface area contributed by atoms with E-state index >= 15 is 0 Å². The van der Waals surface area contributed by atoms with Gasteiger partial charge in [0.2, 0.25) is 0 Å². The molecule has 1 aromatic rings. The van der Waals surface area contributed by atoms with Crippen molar-refractivity contribution in [1.82, 2.24) is 15.3 Å². The van der Waals surface area contributed by atoms with Gasteiger partial charge in [-0.15, -0.1) is 5.43 Å². The highest BCUT2D eigenvalue weighted by atomic mass is 16.7. The van der Waals surface area contributed by atoms with E-state index < -0.39 is 5.03 Å². The molecule has 1 heterocycles. The van der Waals surface area contributed by atoms with Crippen LogP contribution in [0.5, 0.6) is 0 Å². The molecular weight excluding hydrogens is 418 g/mol. The second-order valence-electron chi connectivity index (χ2n) is 9.14. The average molecular weight is 458 g/mol. The smallest absolute Gasteiger partial charge is 0.157 e. The fraction of sp³-hybridized carbons (Fsp3) is 0.640. The standard InChI is InChI=1S/C25H39N5O3/c1-4-6-12-25(27-28(3)5-2)29-18-17-23(26-30(31)32)24(29)19-33-22-15-13-21(14-16-22)20-10-8-7-9-11-20/h5,7-11,21-24,26H,2,4,6,12-19H2,1,3H3/b27-25+. The molecule has 2 aliphatic rings. The number of likely N-dealkylation sites (tertiary alicyclic amines) is 1. The minimum atomic E-state index is -0.426. The van der Waals surface area contributed by atoms with E-state index in [4.69, 9.17) is 9.84 Å². The average Bonchev–Trinajstić information content (AvgIpc) is 3.22. The fourth-order valence-electron chi connectivity index (χ4n) is 5.00. The van der Waals surface area contributed by atoms with Crippen LogP contribution in [0.25, 0.3) is 0 Å². The Morgan fingerprint density at radius 2 is 2.03 bits per heavy atom. The molecule has 0 radical (unpaired) electrons. The number of rotatable bonds is 11. The van der Waals surface area contributed by atoms with Crippen LogP contribution in [0.15, 0.2) is 48.2 Å². The third kappa shape index (κ3) is 7.19. The number of nitrogens with one attached hydrogen (secondary N) is 1. The summed E-state index contributed by atoms with van der Waals surface area (Å²) in [6.45, 7) is 7.15. The van der Waals surface area contributed by atoms with Gasteiger partial charge < -0.3 is 9.64 Å². The molecule has 182 valence electrons. The molecule has 2 fully saturated rings. The molecule has 0 aromatic heterocycles. The second-order valence-corrected chi connectivity index (χ2v) is 9.14. The summed E-state index contributed by atoms with van der Waals surface area (Å²) >= 11 is 0. The summed E-state index contributed by atoms with van der Waals surface area (Å²) in [5.74, 6) is 1.55. The predicted molar refractivity (Wildman–Crippen MR) is 131 cm³/mol. The van der Waals surface area contributed by atoms with Crippen LogP contribution in [0.1, 0.15) is 69.8 Å². The zero-order valence-corrected chi connectivity index (χ0v) is 20.1. The van der Waals surface area contributed by atoms with Crippen LogP contribution >= 0.6 is 0 Å². The first-order valence-corrected chi connectivity index (χ1v) is 12.3. The van der Waals surface area contributed by atoms with Gasteiger partial charge >= 0.3 is 0 Å². The molecule has 8 heteroatoms. The lowest BCUT2D eigenvalue weighted by Crippen LogP contribution is -2.50. The van der Waals surface area contributed by atoms with E-state index in [-0.39, 0.29) is 18.2 Å². The first kappa shape index (κ1) is 25.0. The molecule has 0 amide bonds. The monoisotopic (exact) mass is 457 g/mol. The van der Waals surface area contributed by atoms with Crippen LogP contribution < -0.4 is 5.43 Å². The number of amidine groups is 1. The Kier molecular flexibility index (Phi) is 9.54. The van der Waals surface area contributed by atoms with E-state index in [2.05, 4.69) is 54.2 Å². The third-order valence-electron chi connectivity index (χ3n) is 6.89. The van der Waals surface area contributed by atoms with Crippen LogP contribution in [0.4, 0.5) is 0 Å². The van der Waals surface area contributed by atoms with Crippen LogP contribution in [0.3, 0.4) is 0 Å². The van der Waals surface area contributed by atoms with Crippen LogP contribution in [0, 0.1) is 10.1 Å². The number of hydrazone groups is 1. The highest BCUT2D eigenvalue weighted by Crippen LogP contribution is 2.34.